The first kappa shape index (κ1) is 8.27. The number of hydrogen-bond acceptors (Lipinski definition) is 2. The summed E-state index contributed by atoms with van der Waals surface area (Å²) in [6, 6.07) is 0. The van der Waals surface area contributed by atoms with E-state index in [1.807, 2.05) is 0 Å². The van der Waals surface area contributed by atoms with Gasteiger partial charge in [0.05, 0.1) is 0 Å². The Morgan fingerprint density at radius 3 is 2.50 bits per heavy atom. The van der Waals surface area contributed by atoms with E-state index < -0.39 is 0 Å². The lowest BCUT2D eigenvalue weighted by Gasteiger charge is -2.37. The fourth-order valence-corrected chi connectivity index (χ4v) is 2.31. The summed E-state index contributed by atoms with van der Waals surface area (Å²) in [7, 11) is 0. The van der Waals surface area contributed by atoms with Gasteiger partial charge in [-0.2, -0.15) is 0 Å². The molecule has 12 heavy (non-hydrogen) atoms. The number of rotatable bonds is 2. The molecule has 2 N–H and O–H groups in total. The van der Waals surface area contributed by atoms with E-state index in [0.717, 1.165) is 19.0 Å². The zero-order valence-corrected chi connectivity index (χ0v) is 7.37. The molecule has 0 aromatic carbocycles. The van der Waals surface area contributed by atoms with Crippen molar-refractivity contribution < 1.29 is 5.11 Å². The second kappa shape index (κ2) is 3.58. The number of allylic oxidation sites excluding steroid dienone is 1. The average Bonchev–Trinajstić information content (AvgIpc) is 2.05. The van der Waals surface area contributed by atoms with Crippen LogP contribution in [0.15, 0.2) is 12.2 Å². The van der Waals surface area contributed by atoms with Crippen LogP contribution in [0.2, 0.25) is 0 Å². The van der Waals surface area contributed by atoms with E-state index in [1.165, 1.54) is 12.8 Å². The van der Waals surface area contributed by atoms with Crippen molar-refractivity contribution in [1.29, 1.82) is 0 Å². The van der Waals surface area contributed by atoms with Gasteiger partial charge < -0.3 is 10.4 Å². The highest BCUT2D eigenvalue weighted by Crippen LogP contribution is 2.36. The molecule has 1 aliphatic heterocycles. The number of nitrogens with one attached hydrogen (secondary N) is 1. The van der Waals surface area contributed by atoms with Crippen LogP contribution >= 0.6 is 0 Å². The highest BCUT2D eigenvalue weighted by molar-refractivity contribution is 5.11. The van der Waals surface area contributed by atoms with E-state index in [4.69, 9.17) is 5.11 Å². The molecule has 0 radical (unpaired) electrons. The average molecular weight is 167 g/mol. The van der Waals surface area contributed by atoms with Gasteiger partial charge in [-0.05, 0) is 37.8 Å². The molecule has 1 aliphatic carbocycles. The fourth-order valence-electron chi connectivity index (χ4n) is 2.31. The summed E-state index contributed by atoms with van der Waals surface area (Å²) in [5.41, 5.74) is 0. The highest BCUT2D eigenvalue weighted by Gasteiger charge is 2.31. The summed E-state index contributed by atoms with van der Waals surface area (Å²) in [5, 5.41) is 12.4. The molecule has 2 nitrogen and oxygen atoms in total. The normalized spacial score (nSPS) is 36.4. The molecule has 0 bridgehead atoms. The maximum Gasteiger partial charge on any atom is 0.0499 e. The molecule has 2 heteroatoms. The Morgan fingerprint density at radius 2 is 2.00 bits per heavy atom. The van der Waals surface area contributed by atoms with Crippen molar-refractivity contribution in [1.82, 2.24) is 5.32 Å². The van der Waals surface area contributed by atoms with E-state index in [9.17, 15) is 0 Å². The Morgan fingerprint density at radius 1 is 1.25 bits per heavy atom. The Bertz CT molecular complexity index is 173. The second-order valence-electron chi connectivity index (χ2n) is 3.90. The number of aliphatic hydroxyl groups is 1. The van der Waals surface area contributed by atoms with Gasteiger partial charge in [-0.3, -0.25) is 0 Å². The van der Waals surface area contributed by atoms with Crippen molar-refractivity contribution in [2.45, 2.75) is 12.8 Å². The first-order valence-electron chi connectivity index (χ1n) is 4.91. The van der Waals surface area contributed by atoms with Crippen LogP contribution in [0.5, 0.6) is 0 Å². The second-order valence-corrected chi connectivity index (χ2v) is 3.90. The molecule has 1 saturated heterocycles. The van der Waals surface area contributed by atoms with Gasteiger partial charge >= 0.3 is 0 Å². The molecule has 0 spiro atoms. The molecule has 0 amide bonds. The quantitative estimate of drug-likeness (QED) is 0.596. The molecule has 68 valence electrons. The lowest BCUT2D eigenvalue weighted by Crippen LogP contribution is -2.37. The van der Waals surface area contributed by atoms with Gasteiger partial charge in [0.1, 0.15) is 0 Å². The Balaban J connectivity index is 1.87. The van der Waals surface area contributed by atoms with Gasteiger partial charge in [-0.25, -0.2) is 0 Å². The lowest BCUT2D eigenvalue weighted by atomic mass is 9.71. The van der Waals surface area contributed by atoms with Gasteiger partial charge in [0.25, 0.3) is 0 Å². The monoisotopic (exact) mass is 167 g/mol. The molecular weight excluding hydrogens is 150 g/mol. The van der Waals surface area contributed by atoms with Gasteiger partial charge in [-0.1, -0.05) is 12.2 Å². The van der Waals surface area contributed by atoms with Gasteiger partial charge in [0, 0.05) is 12.5 Å². The van der Waals surface area contributed by atoms with Crippen LogP contribution < -0.4 is 5.32 Å². The summed E-state index contributed by atoms with van der Waals surface area (Å²) < 4.78 is 0. The third-order valence-corrected chi connectivity index (χ3v) is 3.21. The fraction of sp³-hybridized carbons (Fsp3) is 0.800. The van der Waals surface area contributed by atoms with E-state index in [1.54, 1.807) is 0 Å². The molecular formula is C10H17NO. The summed E-state index contributed by atoms with van der Waals surface area (Å²) in [4.78, 5) is 0. The number of piperidine rings is 1. The van der Waals surface area contributed by atoms with Crippen LogP contribution in [0.4, 0.5) is 0 Å². The zero-order valence-electron chi connectivity index (χ0n) is 7.37. The minimum absolute atomic E-state index is 0.338. The first-order valence-corrected chi connectivity index (χ1v) is 4.91. The van der Waals surface area contributed by atoms with Gasteiger partial charge in [0.2, 0.25) is 0 Å². The molecule has 1 fully saturated rings. The predicted molar refractivity (Wildman–Crippen MR) is 48.8 cm³/mol. The Labute approximate surface area is 73.7 Å². The van der Waals surface area contributed by atoms with E-state index >= 15 is 0 Å². The van der Waals surface area contributed by atoms with E-state index in [2.05, 4.69) is 17.5 Å². The third kappa shape index (κ3) is 1.41. The molecule has 0 aromatic heterocycles. The van der Waals surface area contributed by atoms with Gasteiger partial charge in [0.15, 0.2) is 0 Å². The molecule has 0 saturated carbocycles. The van der Waals surface area contributed by atoms with Crippen LogP contribution in [-0.4, -0.2) is 24.8 Å². The summed E-state index contributed by atoms with van der Waals surface area (Å²) in [5.74, 6) is 1.97. The number of hydrogen-bond donors (Lipinski definition) is 2. The molecule has 0 aromatic rings. The van der Waals surface area contributed by atoms with E-state index in [0.29, 0.717) is 18.4 Å². The maximum absolute atomic E-state index is 9.02. The topological polar surface area (TPSA) is 32.3 Å². The molecule has 2 atom stereocenters. The summed E-state index contributed by atoms with van der Waals surface area (Å²) >= 11 is 0. The Hall–Kier alpha value is -0.340. The van der Waals surface area contributed by atoms with Crippen molar-refractivity contribution in [2.24, 2.45) is 17.8 Å². The summed E-state index contributed by atoms with van der Waals surface area (Å²) in [6.45, 7) is 2.66. The third-order valence-electron chi connectivity index (χ3n) is 3.21. The minimum Gasteiger partial charge on any atom is -0.396 e. The van der Waals surface area contributed by atoms with Crippen LogP contribution in [-0.2, 0) is 0 Å². The van der Waals surface area contributed by atoms with Crippen molar-refractivity contribution in [3.8, 4) is 0 Å². The van der Waals surface area contributed by atoms with Crippen molar-refractivity contribution in [3.63, 3.8) is 0 Å². The Kier molecular flexibility index (Phi) is 2.47. The van der Waals surface area contributed by atoms with E-state index in [-0.39, 0.29) is 0 Å². The first-order chi connectivity index (χ1) is 5.92. The smallest absolute Gasteiger partial charge is 0.0499 e. The molecule has 2 unspecified atom stereocenters. The molecule has 2 rings (SSSR count). The molecule has 1 heterocycles. The highest BCUT2D eigenvalue weighted by atomic mass is 16.3. The van der Waals surface area contributed by atoms with Crippen molar-refractivity contribution in [2.75, 3.05) is 19.7 Å². The zero-order chi connectivity index (χ0) is 8.39. The number of aliphatic hydroxyl groups excluding tert-OH is 1. The van der Waals surface area contributed by atoms with Crippen molar-refractivity contribution in [3.05, 3.63) is 12.2 Å². The van der Waals surface area contributed by atoms with Crippen LogP contribution in [0.3, 0.4) is 0 Å². The SMILES string of the molecule is OCC1C=CC1C1CCNCC1. The lowest BCUT2D eigenvalue weighted by molar-refractivity contribution is 0.156. The minimum atomic E-state index is 0.338. The van der Waals surface area contributed by atoms with Crippen molar-refractivity contribution >= 4 is 0 Å². The predicted octanol–water partition coefficient (Wildman–Crippen LogP) is 0.780. The van der Waals surface area contributed by atoms with Crippen LogP contribution in [0, 0.1) is 17.8 Å². The largest absolute Gasteiger partial charge is 0.396 e. The molecule has 2 aliphatic rings. The van der Waals surface area contributed by atoms with Crippen LogP contribution in [0.25, 0.3) is 0 Å². The standard InChI is InChI=1S/C10H17NO/c12-7-9-1-2-10(9)8-3-5-11-6-4-8/h1-2,8-12H,3-7H2. The van der Waals surface area contributed by atoms with Crippen LogP contribution in [0.1, 0.15) is 12.8 Å². The van der Waals surface area contributed by atoms with Gasteiger partial charge in [-0.15, -0.1) is 0 Å². The maximum atomic E-state index is 9.02. The summed E-state index contributed by atoms with van der Waals surface area (Å²) in [6.07, 6.45) is 6.99.